The number of anilines is 2. The van der Waals surface area contributed by atoms with Gasteiger partial charge in [0.2, 0.25) is 0 Å². The highest BCUT2D eigenvalue weighted by Crippen LogP contribution is 2.23. The van der Waals surface area contributed by atoms with E-state index in [2.05, 4.69) is 15.3 Å². The number of aromatic nitrogens is 2. The van der Waals surface area contributed by atoms with Gasteiger partial charge in [0.1, 0.15) is 0 Å². The van der Waals surface area contributed by atoms with Crippen LogP contribution in [0, 0.1) is 0 Å². The third-order valence-corrected chi connectivity index (χ3v) is 2.78. The molecule has 18 heavy (non-hydrogen) atoms. The second-order valence-corrected chi connectivity index (χ2v) is 4.08. The van der Waals surface area contributed by atoms with E-state index < -0.39 is 0 Å². The molecule has 1 N–H and O–H groups in total. The lowest BCUT2D eigenvalue weighted by atomic mass is 10.1. The minimum atomic E-state index is 0.360. The number of methoxy groups -OCH3 is 1. The second-order valence-electron chi connectivity index (χ2n) is 3.72. The quantitative estimate of drug-likeness (QED) is 0.901. The third-order valence-electron chi connectivity index (χ3n) is 2.50. The molecule has 1 heterocycles. The minimum Gasteiger partial charge on any atom is -0.384 e. The number of benzene rings is 1. The van der Waals surface area contributed by atoms with Crippen molar-refractivity contribution in [3.05, 3.63) is 47.4 Å². The minimum absolute atomic E-state index is 0.360. The van der Waals surface area contributed by atoms with Crippen LogP contribution in [0.2, 0.25) is 5.15 Å². The Morgan fingerprint density at radius 3 is 2.78 bits per heavy atom. The number of nitrogens with zero attached hydrogens (tertiary/aromatic N) is 2. The van der Waals surface area contributed by atoms with Crippen molar-refractivity contribution in [2.75, 3.05) is 19.0 Å². The van der Waals surface area contributed by atoms with Gasteiger partial charge in [-0.1, -0.05) is 29.8 Å². The lowest BCUT2D eigenvalue weighted by molar-refractivity contribution is 0.202. The monoisotopic (exact) mass is 263 g/mol. The van der Waals surface area contributed by atoms with Gasteiger partial charge in [-0.2, -0.15) is 0 Å². The molecule has 0 saturated heterocycles. The maximum atomic E-state index is 5.97. The van der Waals surface area contributed by atoms with Crippen LogP contribution in [0.15, 0.2) is 36.7 Å². The summed E-state index contributed by atoms with van der Waals surface area (Å²) in [5.74, 6) is 0.559. The van der Waals surface area contributed by atoms with Crippen LogP contribution >= 0.6 is 11.6 Å². The Kier molecular flexibility index (Phi) is 4.50. The summed E-state index contributed by atoms with van der Waals surface area (Å²) in [7, 11) is 1.69. The predicted octanol–water partition coefficient (Wildman–Crippen LogP) is 3.06. The predicted molar refractivity (Wildman–Crippen MR) is 72.3 cm³/mol. The molecule has 94 valence electrons. The molecule has 1 aromatic carbocycles. The van der Waals surface area contributed by atoms with Crippen LogP contribution in [-0.4, -0.2) is 23.7 Å². The lowest BCUT2D eigenvalue weighted by Crippen LogP contribution is -2.01. The first-order chi connectivity index (χ1) is 8.81. The Morgan fingerprint density at radius 1 is 1.22 bits per heavy atom. The number of hydrogen-bond donors (Lipinski definition) is 1. The zero-order valence-corrected chi connectivity index (χ0v) is 10.8. The summed E-state index contributed by atoms with van der Waals surface area (Å²) in [5.41, 5.74) is 2.12. The molecule has 0 spiro atoms. The van der Waals surface area contributed by atoms with Gasteiger partial charge in [-0.05, 0) is 18.1 Å². The zero-order chi connectivity index (χ0) is 12.8. The molecular formula is C13H14ClN3O. The number of halogens is 1. The Bertz CT molecular complexity index is 519. The van der Waals surface area contributed by atoms with E-state index in [0.29, 0.717) is 17.6 Å². The smallest absolute Gasteiger partial charge is 0.171 e. The Morgan fingerprint density at radius 2 is 2.00 bits per heavy atom. The molecule has 0 radical (unpaired) electrons. The number of ether oxygens (including phenoxy) is 1. The van der Waals surface area contributed by atoms with Crippen LogP contribution in [-0.2, 0) is 11.2 Å². The Hall–Kier alpha value is -1.65. The van der Waals surface area contributed by atoms with Gasteiger partial charge >= 0.3 is 0 Å². The van der Waals surface area contributed by atoms with Crippen molar-refractivity contribution in [3.8, 4) is 0 Å². The van der Waals surface area contributed by atoms with Gasteiger partial charge in [0.25, 0.3) is 0 Å². The fraction of sp³-hybridized carbons (Fsp3) is 0.231. The molecule has 0 bridgehead atoms. The van der Waals surface area contributed by atoms with E-state index in [4.69, 9.17) is 16.3 Å². The maximum Gasteiger partial charge on any atom is 0.171 e. The van der Waals surface area contributed by atoms with Crippen LogP contribution in [0.5, 0.6) is 0 Å². The molecule has 0 saturated carbocycles. The molecule has 4 nitrogen and oxygen atoms in total. The first-order valence-electron chi connectivity index (χ1n) is 5.61. The van der Waals surface area contributed by atoms with Crippen molar-refractivity contribution in [3.63, 3.8) is 0 Å². The number of para-hydroxylation sites is 1. The summed E-state index contributed by atoms with van der Waals surface area (Å²) in [6.45, 7) is 0.674. The van der Waals surface area contributed by atoms with Gasteiger partial charge in [0.15, 0.2) is 11.0 Å². The van der Waals surface area contributed by atoms with Crippen LogP contribution in [0.25, 0.3) is 0 Å². The van der Waals surface area contributed by atoms with E-state index >= 15 is 0 Å². The topological polar surface area (TPSA) is 47.0 Å². The molecule has 0 fully saturated rings. The molecule has 1 aromatic heterocycles. The van der Waals surface area contributed by atoms with E-state index in [0.717, 1.165) is 17.7 Å². The van der Waals surface area contributed by atoms with E-state index in [1.54, 1.807) is 19.5 Å². The molecule has 2 aromatic rings. The largest absolute Gasteiger partial charge is 0.384 e. The molecular weight excluding hydrogens is 250 g/mol. The molecule has 0 aliphatic rings. The highest BCUT2D eigenvalue weighted by atomic mass is 35.5. The number of hydrogen-bond acceptors (Lipinski definition) is 4. The summed E-state index contributed by atoms with van der Waals surface area (Å²) < 4.78 is 5.09. The molecule has 0 aliphatic heterocycles. The fourth-order valence-corrected chi connectivity index (χ4v) is 1.76. The van der Waals surface area contributed by atoms with Crippen molar-refractivity contribution in [2.24, 2.45) is 0 Å². The first kappa shape index (κ1) is 12.8. The fourth-order valence-electron chi connectivity index (χ4n) is 1.60. The number of nitrogens with one attached hydrogen (secondary N) is 1. The van der Waals surface area contributed by atoms with Crippen molar-refractivity contribution < 1.29 is 4.74 Å². The average molecular weight is 264 g/mol. The molecule has 0 amide bonds. The molecule has 0 unspecified atom stereocenters. The highest BCUT2D eigenvalue weighted by Gasteiger charge is 2.06. The van der Waals surface area contributed by atoms with E-state index in [1.165, 1.54) is 0 Å². The van der Waals surface area contributed by atoms with Crippen LogP contribution in [0.3, 0.4) is 0 Å². The highest BCUT2D eigenvalue weighted by molar-refractivity contribution is 6.31. The Balaban J connectivity index is 2.21. The van der Waals surface area contributed by atoms with Gasteiger partial charge in [-0.3, -0.25) is 0 Å². The zero-order valence-electron chi connectivity index (χ0n) is 10.1. The summed E-state index contributed by atoms with van der Waals surface area (Å²) in [6.07, 6.45) is 3.99. The van der Waals surface area contributed by atoms with Crippen molar-refractivity contribution in [1.82, 2.24) is 9.97 Å². The van der Waals surface area contributed by atoms with Gasteiger partial charge in [-0.15, -0.1) is 0 Å². The van der Waals surface area contributed by atoms with Crippen LogP contribution < -0.4 is 5.32 Å². The Labute approximate surface area is 111 Å². The summed E-state index contributed by atoms with van der Waals surface area (Å²) in [5, 5.41) is 3.55. The van der Waals surface area contributed by atoms with Crippen molar-refractivity contribution in [2.45, 2.75) is 6.42 Å². The molecule has 5 heteroatoms. The van der Waals surface area contributed by atoms with Crippen molar-refractivity contribution in [1.29, 1.82) is 0 Å². The van der Waals surface area contributed by atoms with Gasteiger partial charge in [0, 0.05) is 25.2 Å². The van der Waals surface area contributed by atoms with E-state index in [1.807, 2.05) is 24.3 Å². The SMILES string of the molecule is COCCc1ccccc1Nc1nccnc1Cl. The lowest BCUT2D eigenvalue weighted by Gasteiger charge is -2.11. The summed E-state index contributed by atoms with van der Waals surface area (Å²) in [6, 6.07) is 7.99. The third kappa shape index (κ3) is 3.18. The summed E-state index contributed by atoms with van der Waals surface area (Å²) >= 11 is 5.97. The standard InChI is InChI=1S/C13H14ClN3O/c1-18-9-6-10-4-2-3-5-11(10)17-13-12(14)15-7-8-16-13/h2-5,7-8H,6,9H2,1H3,(H,16,17). The first-order valence-corrected chi connectivity index (χ1v) is 5.99. The molecule has 2 rings (SSSR count). The van der Waals surface area contributed by atoms with E-state index in [-0.39, 0.29) is 0 Å². The average Bonchev–Trinajstić information content (AvgIpc) is 2.40. The van der Waals surface area contributed by atoms with E-state index in [9.17, 15) is 0 Å². The normalized spacial score (nSPS) is 10.3. The van der Waals surface area contributed by atoms with Crippen LogP contribution in [0.4, 0.5) is 11.5 Å². The maximum absolute atomic E-state index is 5.97. The summed E-state index contributed by atoms with van der Waals surface area (Å²) in [4.78, 5) is 8.14. The molecule has 0 aliphatic carbocycles. The van der Waals surface area contributed by atoms with Crippen LogP contribution in [0.1, 0.15) is 5.56 Å². The van der Waals surface area contributed by atoms with Crippen molar-refractivity contribution >= 4 is 23.1 Å². The number of rotatable bonds is 5. The van der Waals surface area contributed by atoms with Gasteiger partial charge < -0.3 is 10.1 Å². The van der Waals surface area contributed by atoms with Gasteiger partial charge in [-0.25, -0.2) is 9.97 Å². The van der Waals surface area contributed by atoms with Gasteiger partial charge in [0.05, 0.1) is 6.61 Å². The molecule has 0 atom stereocenters. The second kappa shape index (κ2) is 6.33.